The predicted octanol–water partition coefficient (Wildman–Crippen LogP) is 4.35. The smallest absolute Gasteiger partial charge is 0.128 e. The first-order chi connectivity index (χ1) is 10.0. The van der Waals surface area contributed by atoms with Crippen LogP contribution in [0.1, 0.15) is 42.0 Å². The average Bonchev–Trinajstić information content (AvgIpc) is 2.50. The van der Waals surface area contributed by atoms with Crippen LogP contribution in [0.15, 0.2) is 42.5 Å². The van der Waals surface area contributed by atoms with Crippen LogP contribution < -0.4 is 4.74 Å². The summed E-state index contributed by atoms with van der Waals surface area (Å²) in [7, 11) is 1.67. The fourth-order valence-electron chi connectivity index (χ4n) is 2.89. The van der Waals surface area contributed by atoms with Crippen molar-refractivity contribution in [2.45, 2.75) is 39.2 Å². The topological polar surface area (TPSA) is 29.5 Å². The zero-order valence-corrected chi connectivity index (χ0v) is 13.3. The summed E-state index contributed by atoms with van der Waals surface area (Å²) in [5.41, 5.74) is 3.00. The molecule has 0 saturated carbocycles. The highest BCUT2D eigenvalue weighted by molar-refractivity contribution is 5.51. The maximum Gasteiger partial charge on any atom is 0.128 e. The van der Waals surface area contributed by atoms with Crippen molar-refractivity contribution in [3.8, 4) is 5.75 Å². The molecule has 0 spiro atoms. The predicted molar refractivity (Wildman–Crippen MR) is 86.8 cm³/mol. The fourth-order valence-corrected chi connectivity index (χ4v) is 2.89. The molecule has 0 heterocycles. The molecule has 0 radical (unpaired) electrons. The van der Waals surface area contributed by atoms with Gasteiger partial charge in [0.2, 0.25) is 0 Å². The minimum Gasteiger partial charge on any atom is -0.496 e. The molecule has 0 aliphatic carbocycles. The number of ether oxygens (including phenoxy) is 1. The van der Waals surface area contributed by atoms with E-state index in [4.69, 9.17) is 4.74 Å². The summed E-state index contributed by atoms with van der Waals surface area (Å²) in [6.45, 7) is 6.18. The van der Waals surface area contributed by atoms with Gasteiger partial charge in [-0.25, -0.2) is 0 Å². The van der Waals surface area contributed by atoms with E-state index in [1.165, 1.54) is 5.56 Å². The quantitative estimate of drug-likeness (QED) is 0.884. The maximum atomic E-state index is 11.4. The number of aryl methyl sites for hydroxylation is 1. The van der Waals surface area contributed by atoms with Gasteiger partial charge in [-0.15, -0.1) is 0 Å². The number of rotatable bonds is 5. The minimum absolute atomic E-state index is 0.663. The monoisotopic (exact) mass is 284 g/mol. The van der Waals surface area contributed by atoms with Crippen molar-refractivity contribution in [1.29, 1.82) is 0 Å². The van der Waals surface area contributed by atoms with Crippen molar-refractivity contribution in [3.05, 3.63) is 64.7 Å². The first kappa shape index (κ1) is 15.6. The van der Waals surface area contributed by atoms with Gasteiger partial charge in [0, 0.05) is 5.56 Å². The zero-order valence-electron chi connectivity index (χ0n) is 13.3. The summed E-state index contributed by atoms with van der Waals surface area (Å²) in [4.78, 5) is 0. The van der Waals surface area contributed by atoms with Gasteiger partial charge in [-0.1, -0.05) is 55.8 Å². The standard InChI is InChI=1S/C19H24O2/c1-5-13-19(20,16-9-7-6-8-10-16)17-12-11-14(2)15(3)18(17)21-4/h6-12,20H,5,13H2,1-4H3. The maximum absolute atomic E-state index is 11.4. The second kappa shape index (κ2) is 6.31. The van der Waals surface area contributed by atoms with Gasteiger partial charge in [0.25, 0.3) is 0 Å². The van der Waals surface area contributed by atoms with Crippen molar-refractivity contribution < 1.29 is 9.84 Å². The molecule has 0 bridgehead atoms. The molecule has 112 valence electrons. The molecule has 2 aromatic rings. The first-order valence-corrected chi connectivity index (χ1v) is 7.47. The Balaban J connectivity index is 2.66. The Kier molecular flexibility index (Phi) is 4.69. The van der Waals surface area contributed by atoms with E-state index in [1.807, 2.05) is 43.3 Å². The van der Waals surface area contributed by atoms with Gasteiger partial charge in [0.05, 0.1) is 7.11 Å². The average molecular weight is 284 g/mol. The van der Waals surface area contributed by atoms with Gasteiger partial charge in [0.1, 0.15) is 11.4 Å². The van der Waals surface area contributed by atoms with Gasteiger partial charge in [-0.2, -0.15) is 0 Å². The molecule has 0 aliphatic heterocycles. The molecular formula is C19H24O2. The molecule has 1 atom stereocenters. The van der Waals surface area contributed by atoms with Crippen molar-refractivity contribution >= 4 is 0 Å². The van der Waals surface area contributed by atoms with Gasteiger partial charge < -0.3 is 9.84 Å². The van der Waals surface area contributed by atoms with Crippen LogP contribution >= 0.6 is 0 Å². The summed E-state index contributed by atoms with van der Waals surface area (Å²) in [6.07, 6.45) is 1.55. The summed E-state index contributed by atoms with van der Waals surface area (Å²) >= 11 is 0. The van der Waals surface area contributed by atoms with Crippen molar-refractivity contribution in [2.75, 3.05) is 7.11 Å². The Labute approximate surface area is 127 Å². The molecular weight excluding hydrogens is 260 g/mol. The highest BCUT2D eigenvalue weighted by Crippen LogP contribution is 2.41. The van der Waals surface area contributed by atoms with Crippen LogP contribution in [0.3, 0.4) is 0 Å². The normalized spacial score (nSPS) is 13.8. The van der Waals surface area contributed by atoms with Gasteiger partial charge in [0.15, 0.2) is 0 Å². The lowest BCUT2D eigenvalue weighted by Gasteiger charge is -2.31. The molecule has 1 N–H and O–H groups in total. The van der Waals surface area contributed by atoms with Crippen LogP contribution in [0.2, 0.25) is 0 Å². The Morgan fingerprint density at radius 3 is 2.29 bits per heavy atom. The summed E-state index contributed by atoms with van der Waals surface area (Å²) < 4.78 is 5.61. The van der Waals surface area contributed by atoms with E-state index < -0.39 is 5.60 Å². The largest absolute Gasteiger partial charge is 0.496 e. The molecule has 0 aliphatic rings. The number of hydrogen-bond donors (Lipinski definition) is 1. The second-order valence-corrected chi connectivity index (χ2v) is 5.56. The molecule has 2 heteroatoms. The highest BCUT2D eigenvalue weighted by atomic mass is 16.5. The molecule has 0 aromatic heterocycles. The molecule has 21 heavy (non-hydrogen) atoms. The Morgan fingerprint density at radius 2 is 1.71 bits per heavy atom. The van der Waals surface area contributed by atoms with Crippen molar-refractivity contribution in [2.24, 2.45) is 0 Å². The van der Waals surface area contributed by atoms with E-state index in [1.54, 1.807) is 7.11 Å². The first-order valence-electron chi connectivity index (χ1n) is 7.47. The van der Waals surface area contributed by atoms with E-state index >= 15 is 0 Å². The summed E-state index contributed by atoms with van der Waals surface area (Å²) in [5, 5.41) is 11.4. The molecule has 0 saturated heterocycles. The van der Waals surface area contributed by atoms with Gasteiger partial charge in [-0.3, -0.25) is 0 Å². The van der Waals surface area contributed by atoms with Gasteiger partial charge >= 0.3 is 0 Å². The van der Waals surface area contributed by atoms with E-state index in [-0.39, 0.29) is 0 Å². The lowest BCUT2D eigenvalue weighted by atomic mass is 9.81. The third-order valence-corrected chi connectivity index (χ3v) is 4.19. The number of aliphatic hydroxyl groups is 1. The summed E-state index contributed by atoms with van der Waals surface area (Å²) in [5.74, 6) is 0.787. The van der Waals surface area contributed by atoms with Crippen LogP contribution in [0.4, 0.5) is 0 Å². The number of methoxy groups -OCH3 is 1. The Bertz CT molecular complexity index is 604. The number of hydrogen-bond acceptors (Lipinski definition) is 2. The Hall–Kier alpha value is -1.80. The summed E-state index contributed by atoms with van der Waals surface area (Å²) in [6, 6.07) is 13.9. The highest BCUT2D eigenvalue weighted by Gasteiger charge is 2.34. The molecule has 0 amide bonds. The minimum atomic E-state index is -1.01. The molecule has 1 unspecified atom stereocenters. The van der Waals surface area contributed by atoms with Gasteiger partial charge in [-0.05, 0) is 37.0 Å². The van der Waals surface area contributed by atoms with Crippen LogP contribution in [0.25, 0.3) is 0 Å². The molecule has 2 aromatic carbocycles. The molecule has 2 rings (SSSR count). The molecule has 2 nitrogen and oxygen atoms in total. The van der Waals surface area contributed by atoms with Crippen LogP contribution in [-0.4, -0.2) is 12.2 Å². The van der Waals surface area contributed by atoms with Crippen LogP contribution in [0.5, 0.6) is 5.75 Å². The van der Waals surface area contributed by atoms with E-state index in [9.17, 15) is 5.11 Å². The lowest BCUT2D eigenvalue weighted by molar-refractivity contribution is 0.0673. The van der Waals surface area contributed by atoms with Crippen LogP contribution in [-0.2, 0) is 5.60 Å². The fraction of sp³-hybridized carbons (Fsp3) is 0.368. The van der Waals surface area contributed by atoms with E-state index in [0.717, 1.165) is 28.9 Å². The van der Waals surface area contributed by atoms with Crippen molar-refractivity contribution in [1.82, 2.24) is 0 Å². The van der Waals surface area contributed by atoms with Crippen molar-refractivity contribution in [3.63, 3.8) is 0 Å². The zero-order chi connectivity index (χ0) is 15.5. The SMILES string of the molecule is CCCC(O)(c1ccccc1)c1ccc(C)c(C)c1OC. The third-order valence-electron chi connectivity index (χ3n) is 4.19. The lowest BCUT2D eigenvalue weighted by Crippen LogP contribution is -2.28. The van der Waals surface area contributed by atoms with Crippen LogP contribution in [0, 0.1) is 13.8 Å². The Morgan fingerprint density at radius 1 is 1.05 bits per heavy atom. The molecule has 0 fully saturated rings. The van der Waals surface area contributed by atoms with E-state index in [2.05, 4.69) is 19.9 Å². The number of benzene rings is 2. The third kappa shape index (κ3) is 2.81. The van der Waals surface area contributed by atoms with E-state index in [0.29, 0.717) is 6.42 Å². The second-order valence-electron chi connectivity index (χ2n) is 5.56.